The Hall–Kier alpha value is -1.26. The molecule has 4 N–H and O–H groups in total. The standard InChI is InChI=1S/C10H21NO.C4H9NO2/c1-3-4-5-6-7-8-9(2)10(11)12;1-2-3-5-4(6)7/h9H,3-8H2,1-2H3,(H2,11,12);5H,2-3H2,1H3,(H,6,7). The van der Waals surface area contributed by atoms with Crippen molar-refractivity contribution in [3.05, 3.63) is 0 Å². The van der Waals surface area contributed by atoms with E-state index in [9.17, 15) is 9.59 Å². The number of primary amides is 1. The van der Waals surface area contributed by atoms with Gasteiger partial charge in [0, 0.05) is 12.5 Å². The van der Waals surface area contributed by atoms with E-state index in [1.807, 2.05) is 13.8 Å². The maximum absolute atomic E-state index is 10.6. The molecule has 0 aliphatic heterocycles. The molecule has 1 atom stereocenters. The van der Waals surface area contributed by atoms with Crippen LogP contribution < -0.4 is 11.1 Å². The normalized spacial score (nSPS) is 11.1. The second-order valence-electron chi connectivity index (χ2n) is 4.74. The lowest BCUT2D eigenvalue weighted by Crippen LogP contribution is -2.20. The summed E-state index contributed by atoms with van der Waals surface area (Å²) in [5.41, 5.74) is 5.14. The first-order chi connectivity index (χ1) is 8.95. The number of hydrogen-bond acceptors (Lipinski definition) is 2. The Bertz CT molecular complexity index is 233. The number of nitrogens with two attached hydrogens (primary N) is 1. The Morgan fingerprint density at radius 1 is 1.11 bits per heavy atom. The number of carbonyl (C=O) groups is 2. The molecule has 0 fully saturated rings. The van der Waals surface area contributed by atoms with E-state index in [-0.39, 0.29) is 11.8 Å². The molecule has 0 aromatic carbocycles. The number of carbonyl (C=O) groups excluding carboxylic acids is 1. The van der Waals surface area contributed by atoms with Crippen molar-refractivity contribution in [3.8, 4) is 0 Å². The molecule has 0 aliphatic rings. The summed E-state index contributed by atoms with van der Waals surface area (Å²) in [5.74, 6) is -0.0999. The molecule has 0 bridgehead atoms. The van der Waals surface area contributed by atoms with Crippen molar-refractivity contribution in [1.29, 1.82) is 0 Å². The van der Waals surface area contributed by atoms with Gasteiger partial charge >= 0.3 is 6.09 Å². The van der Waals surface area contributed by atoms with E-state index < -0.39 is 6.09 Å². The highest BCUT2D eigenvalue weighted by Gasteiger charge is 2.06. The van der Waals surface area contributed by atoms with Crippen LogP contribution in [0.15, 0.2) is 0 Å². The van der Waals surface area contributed by atoms with E-state index in [2.05, 4.69) is 12.2 Å². The zero-order valence-corrected chi connectivity index (χ0v) is 12.6. The Balaban J connectivity index is 0. The second kappa shape index (κ2) is 14.8. The van der Waals surface area contributed by atoms with Gasteiger partial charge in [0.2, 0.25) is 5.91 Å². The quantitative estimate of drug-likeness (QED) is 0.564. The van der Waals surface area contributed by atoms with E-state index in [0.717, 1.165) is 19.3 Å². The van der Waals surface area contributed by atoms with Crippen molar-refractivity contribution in [2.75, 3.05) is 6.54 Å². The van der Waals surface area contributed by atoms with Crippen molar-refractivity contribution in [2.24, 2.45) is 11.7 Å². The predicted molar refractivity (Wildman–Crippen MR) is 78.1 cm³/mol. The topological polar surface area (TPSA) is 92.4 Å². The monoisotopic (exact) mass is 274 g/mol. The van der Waals surface area contributed by atoms with E-state index in [4.69, 9.17) is 10.8 Å². The molecule has 19 heavy (non-hydrogen) atoms. The Morgan fingerprint density at radius 2 is 1.68 bits per heavy atom. The lowest BCUT2D eigenvalue weighted by Gasteiger charge is -2.05. The number of amides is 2. The fourth-order valence-electron chi connectivity index (χ4n) is 1.43. The SMILES string of the molecule is CCCCCCCC(C)C(N)=O.CCCNC(=O)O. The Morgan fingerprint density at radius 3 is 2.05 bits per heavy atom. The summed E-state index contributed by atoms with van der Waals surface area (Å²) in [7, 11) is 0. The molecule has 2 amide bonds. The summed E-state index contributed by atoms with van der Waals surface area (Å²) in [4.78, 5) is 20.3. The van der Waals surface area contributed by atoms with Gasteiger partial charge in [-0.15, -0.1) is 0 Å². The number of nitrogens with one attached hydrogen (secondary N) is 1. The van der Waals surface area contributed by atoms with Gasteiger partial charge in [-0.3, -0.25) is 4.79 Å². The van der Waals surface area contributed by atoms with Crippen molar-refractivity contribution >= 4 is 12.0 Å². The molecule has 0 heterocycles. The summed E-state index contributed by atoms with van der Waals surface area (Å²) in [6, 6.07) is 0. The van der Waals surface area contributed by atoms with Crippen LogP contribution in [0.2, 0.25) is 0 Å². The fraction of sp³-hybridized carbons (Fsp3) is 0.857. The third-order valence-electron chi connectivity index (χ3n) is 2.75. The van der Waals surface area contributed by atoms with E-state index in [1.54, 1.807) is 0 Å². The van der Waals surface area contributed by atoms with Crippen LogP contribution in [0, 0.1) is 5.92 Å². The van der Waals surface area contributed by atoms with Gasteiger partial charge in [-0.25, -0.2) is 4.79 Å². The van der Waals surface area contributed by atoms with Crippen LogP contribution in [0.4, 0.5) is 4.79 Å². The number of unbranched alkanes of at least 4 members (excludes halogenated alkanes) is 4. The molecule has 0 aromatic heterocycles. The Kier molecular flexibility index (Phi) is 15.6. The minimum atomic E-state index is -0.943. The molecule has 0 saturated heterocycles. The van der Waals surface area contributed by atoms with Gasteiger partial charge in [-0.1, -0.05) is 52.9 Å². The van der Waals surface area contributed by atoms with Gasteiger partial charge in [0.25, 0.3) is 0 Å². The molecule has 114 valence electrons. The minimum absolute atomic E-state index is 0.0617. The highest BCUT2D eigenvalue weighted by Crippen LogP contribution is 2.10. The number of carboxylic acid groups (broad SMARTS) is 1. The van der Waals surface area contributed by atoms with Gasteiger partial charge in [0.05, 0.1) is 0 Å². The lowest BCUT2D eigenvalue weighted by molar-refractivity contribution is -0.121. The van der Waals surface area contributed by atoms with Gasteiger partial charge in [0.15, 0.2) is 0 Å². The molecular formula is C14H30N2O3. The van der Waals surface area contributed by atoms with Crippen molar-refractivity contribution < 1.29 is 14.7 Å². The number of rotatable bonds is 9. The van der Waals surface area contributed by atoms with Crippen LogP contribution >= 0.6 is 0 Å². The maximum Gasteiger partial charge on any atom is 0.404 e. The highest BCUT2D eigenvalue weighted by atomic mass is 16.4. The third-order valence-corrected chi connectivity index (χ3v) is 2.75. The Labute approximate surface area is 116 Å². The van der Waals surface area contributed by atoms with Crippen LogP contribution in [0.5, 0.6) is 0 Å². The highest BCUT2D eigenvalue weighted by molar-refractivity contribution is 5.76. The molecule has 0 aromatic rings. The van der Waals surface area contributed by atoms with Gasteiger partial charge in [-0.05, 0) is 12.8 Å². The maximum atomic E-state index is 10.6. The first kappa shape index (κ1) is 20.1. The molecular weight excluding hydrogens is 244 g/mol. The predicted octanol–water partition coefficient (Wildman–Crippen LogP) is 3.13. The molecule has 0 spiro atoms. The van der Waals surface area contributed by atoms with Gasteiger partial charge < -0.3 is 16.2 Å². The first-order valence-corrected chi connectivity index (χ1v) is 7.21. The van der Waals surface area contributed by atoms with Crippen molar-refractivity contribution in [1.82, 2.24) is 5.32 Å². The van der Waals surface area contributed by atoms with Crippen LogP contribution in [-0.2, 0) is 4.79 Å². The minimum Gasteiger partial charge on any atom is -0.465 e. The summed E-state index contributed by atoms with van der Waals surface area (Å²) in [5, 5.41) is 10.1. The van der Waals surface area contributed by atoms with Crippen LogP contribution in [0.3, 0.4) is 0 Å². The van der Waals surface area contributed by atoms with Crippen LogP contribution in [-0.4, -0.2) is 23.7 Å². The molecule has 0 saturated carbocycles. The summed E-state index contributed by atoms with van der Waals surface area (Å²) >= 11 is 0. The summed E-state index contributed by atoms with van der Waals surface area (Å²) < 4.78 is 0. The molecule has 0 rings (SSSR count). The van der Waals surface area contributed by atoms with E-state index >= 15 is 0 Å². The molecule has 0 radical (unpaired) electrons. The summed E-state index contributed by atoms with van der Waals surface area (Å²) in [6.45, 7) is 6.57. The van der Waals surface area contributed by atoms with Crippen molar-refractivity contribution in [3.63, 3.8) is 0 Å². The largest absolute Gasteiger partial charge is 0.465 e. The molecule has 0 aliphatic carbocycles. The second-order valence-corrected chi connectivity index (χ2v) is 4.74. The molecule has 5 heteroatoms. The van der Waals surface area contributed by atoms with Gasteiger partial charge in [-0.2, -0.15) is 0 Å². The van der Waals surface area contributed by atoms with E-state index in [0.29, 0.717) is 6.54 Å². The van der Waals surface area contributed by atoms with Crippen LogP contribution in [0.25, 0.3) is 0 Å². The van der Waals surface area contributed by atoms with Crippen molar-refractivity contribution in [2.45, 2.75) is 65.7 Å². The number of hydrogen-bond donors (Lipinski definition) is 3. The fourth-order valence-corrected chi connectivity index (χ4v) is 1.43. The first-order valence-electron chi connectivity index (χ1n) is 7.21. The van der Waals surface area contributed by atoms with Crippen LogP contribution in [0.1, 0.15) is 65.7 Å². The third kappa shape index (κ3) is 19.3. The lowest BCUT2D eigenvalue weighted by atomic mass is 10.0. The summed E-state index contributed by atoms with van der Waals surface area (Å²) in [6.07, 6.45) is 7.13. The average molecular weight is 274 g/mol. The molecule has 1 unspecified atom stereocenters. The zero-order valence-electron chi connectivity index (χ0n) is 12.6. The van der Waals surface area contributed by atoms with Gasteiger partial charge in [0.1, 0.15) is 0 Å². The zero-order chi connectivity index (χ0) is 15.1. The average Bonchev–Trinajstić information content (AvgIpc) is 2.36. The molecule has 5 nitrogen and oxygen atoms in total. The smallest absolute Gasteiger partial charge is 0.404 e. The van der Waals surface area contributed by atoms with E-state index in [1.165, 1.54) is 25.7 Å².